The number of para-hydroxylation sites is 2. The second-order valence-corrected chi connectivity index (χ2v) is 6.80. The lowest BCUT2D eigenvalue weighted by Crippen LogP contribution is -2.55. The Bertz CT molecular complexity index is 711. The van der Waals surface area contributed by atoms with Crippen molar-refractivity contribution in [3.8, 4) is 0 Å². The van der Waals surface area contributed by atoms with Crippen LogP contribution in [0.4, 0.5) is 11.4 Å². The van der Waals surface area contributed by atoms with Crippen molar-refractivity contribution in [3.63, 3.8) is 0 Å². The molecule has 0 radical (unpaired) electrons. The number of carbonyl (C=O) groups is 2. The molecule has 2 heterocycles. The molecule has 1 N–H and O–H groups in total. The fraction of sp³-hybridized carbons (Fsp3) is 0.556. The van der Waals surface area contributed by atoms with Gasteiger partial charge < -0.3 is 15.0 Å². The normalized spacial score (nSPS) is 21.7. The molecule has 2 aliphatic rings. The maximum absolute atomic E-state index is 12.5. The summed E-state index contributed by atoms with van der Waals surface area (Å²) >= 11 is 0. The van der Waals surface area contributed by atoms with Crippen LogP contribution >= 0.6 is 0 Å². The first-order chi connectivity index (χ1) is 13.0. The number of anilines is 1. The Morgan fingerprint density at radius 1 is 1.26 bits per heavy atom. The molecular weight excluding hydrogens is 352 g/mol. The van der Waals surface area contributed by atoms with Gasteiger partial charge in [0.1, 0.15) is 11.8 Å². The first-order valence-electron chi connectivity index (χ1n) is 9.16. The molecular formula is C18H24N4O5. The number of nitrogens with one attached hydrogen (secondary N) is 1. The topological polar surface area (TPSA) is 105 Å². The summed E-state index contributed by atoms with van der Waals surface area (Å²) in [6.45, 7) is 4.64. The van der Waals surface area contributed by atoms with E-state index < -0.39 is 11.0 Å². The molecule has 0 unspecified atom stereocenters. The highest BCUT2D eigenvalue weighted by Gasteiger charge is 2.32. The van der Waals surface area contributed by atoms with Crippen LogP contribution in [0.3, 0.4) is 0 Å². The van der Waals surface area contributed by atoms with Gasteiger partial charge in [-0.1, -0.05) is 12.1 Å². The summed E-state index contributed by atoms with van der Waals surface area (Å²) in [5.41, 5.74) is 0.0524. The molecule has 2 amide bonds. The minimum atomic E-state index is -0.518. The van der Waals surface area contributed by atoms with Gasteiger partial charge in [0.2, 0.25) is 5.91 Å². The van der Waals surface area contributed by atoms with Gasteiger partial charge in [-0.3, -0.25) is 24.6 Å². The highest BCUT2D eigenvalue weighted by Crippen LogP contribution is 2.24. The molecule has 27 heavy (non-hydrogen) atoms. The summed E-state index contributed by atoms with van der Waals surface area (Å²) in [7, 11) is 0. The Morgan fingerprint density at radius 2 is 1.96 bits per heavy atom. The van der Waals surface area contributed by atoms with Gasteiger partial charge in [0.05, 0.1) is 11.0 Å². The average molecular weight is 376 g/mol. The maximum atomic E-state index is 12.5. The van der Waals surface area contributed by atoms with E-state index in [1.165, 1.54) is 12.1 Å². The number of nitrogens with zero attached hydrogens (tertiary/aromatic N) is 3. The summed E-state index contributed by atoms with van der Waals surface area (Å²) in [6.07, 6.45) is 1.36. The molecule has 9 heteroatoms. The van der Waals surface area contributed by atoms with Crippen molar-refractivity contribution >= 4 is 23.2 Å². The molecule has 1 aromatic carbocycles. The number of nitro benzene ring substituents is 1. The molecule has 0 saturated carbocycles. The summed E-state index contributed by atoms with van der Waals surface area (Å²) < 4.78 is 5.45. The quantitative estimate of drug-likeness (QED) is 0.612. The third-order valence-corrected chi connectivity index (χ3v) is 5.12. The molecule has 1 aromatic rings. The fourth-order valence-corrected chi connectivity index (χ4v) is 3.45. The van der Waals surface area contributed by atoms with E-state index >= 15 is 0 Å². The Kier molecular flexibility index (Phi) is 6.02. The number of ether oxygens (including phenoxy) is 1. The lowest BCUT2D eigenvalue weighted by atomic mass is 10.1. The van der Waals surface area contributed by atoms with Gasteiger partial charge >= 0.3 is 0 Å². The van der Waals surface area contributed by atoms with Gasteiger partial charge in [0.25, 0.3) is 11.6 Å². The molecule has 3 rings (SSSR count). The first-order valence-corrected chi connectivity index (χ1v) is 9.16. The van der Waals surface area contributed by atoms with Gasteiger partial charge in [0.15, 0.2) is 0 Å². The molecule has 2 saturated heterocycles. The largest absolute Gasteiger partial charge is 0.368 e. The molecule has 2 atom stereocenters. The maximum Gasteiger partial charge on any atom is 0.292 e. The van der Waals surface area contributed by atoms with Gasteiger partial charge in [-0.25, -0.2) is 0 Å². The molecule has 0 bridgehead atoms. The van der Waals surface area contributed by atoms with Gasteiger partial charge in [-0.15, -0.1) is 0 Å². The van der Waals surface area contributed by atoms with Crippen molar-refractivity contribution < 1.29 is 19.2 Å². The minimum Gasteiger partial charge on any atom is -0.368 e. The Labute approximate surface area is 157 Å². The third-order valence-electron chi connectivity index (χ3n) is 5.12. The zero-order chi connectivity index (χ0) is 19.4. The number of rotatable bonds is 5. The first kappa shape index (κ1) is 19.2. The van der Waals surface area contributed by atoms with E-state index in [0.717, 1.165) is 12.8 Å². The second-order valence-electron chi connectivity index (χ2n) is 6.80. The van der Waals surface area contributed by atoms with Crippen molar-refractivity contribution in [1.29, 1.82) is 0 Å². The van der Waals surface area contributed by atoms with Crippen LogP contribution in [-0.4, -0.2) is 71.5 Å². The second kappa shape index (κ2) is 8.45. The van der Waals surface area contributed by atoms with Crippen LogP contribution in [0.2, 0.25) is 0 Å². The molecule has 146 valence electrons. The highest BCUT2D eigenvalue weighted by molar-refractivity contribution is 5.96. The predicted molar refractivity (Wildman–Crippen MR) is 98.3 cm³/mol. The van der Waals surface area contributed by atoms with Crippen molar-refractivity contribution in [2.24, 2.45) is 0 Å². The van der Waals surface area contributed by atoms with Crippen molar-refractivity contribution in [2.75, 3.05) is 38.1 Å². The van der Waals surface area contributed by atoms with Gasteiger partial charge in [0, 0.05) is 38.9 Å². The van der Waals surface area contributed by atoms with Crippen LogP contribution in [-0.2, 0) is 14.3 Å². The lowest BCUT2D eigenvalue weighted by molar-refractivity contribution is -0.383. The van der Waals surface area contributed by atoms with Crippen LogP contribution in [0.1, 0.15) is 19.8 Å². The summed E-state index contributed by atoms with van der Waals surface area (Å²) in [6, 6.07) is 5.62. The number of nitro groups is 1. The molecule has 2 fully saturated rings. The Balaban J connectivity index is 1.54. The molecule has 0 aliphatic carbocycles. The molecule has 2 aliphatic heterocycles. The minimum absolute atomic E-state index is 0.0316. The van der Waals surface area contributed by atoms with Gasteiger partial charge in [-0.2, -0.15) is 0 Å². The van der Waals surface area contributed by atoms with Crippen LogP contribution in [0, 0.1) is 10.1 Å². The summed E-state index contributed by atoms with van der Waals surface area (Å²) in [4.78, 5) is 39.3. The molecule has 0 spiro atoms. The standard InChI is InChI=1S/C18H24N4O5/c1-13(17(23)19-14-5-2-3-6-15(14)22(25)26)20-8-10-21(11-9-20)18(24)16-7-4-12-27-16/h2-3,5-6,13,16H,4,7-12H2,1H3,(H,19,23)/t13-,16+/m0/s1. The highest BCUT2D eigenvalue weighted by atomic mass is 16.6. The van der Waals surface area contributed by atoms with E-state index in [-0.39, 0.29) is 29.3 Å². The van der Waals surface area contributed by atoms with E-state index in [1.807, 2.05) is 4.90 Å². The number of hydrogen-bond acceptors (Lipinski definition) is 6. The summed E-state index contributed by atoms with van der Waals surface area (Å²) in [5.74, 6) is -0.271. The van der Waals surface area contributed by atoms with Crippen molar-refractivity contribution in [1.82, 2.24) is 9.80 Å². The SMILES string of the molecule is C[C@@H](C(=O)Nc1ccccc1[N+](=O)[O-])N1CCN(C(=O)[C@H]2CCCO2)CC1. The zero-order valence-corrected chi connectivity index (χ0v) is 15.3. The average Bonchev–Trinajstić information content (AvgIpc) is 3.22. The number of amides is 2. The fourth-order valence-electron chi connectivity index (χ4n) is 3.45. The van der Waals surface area contributed by atoms with E-state index in [0.29, 0.717) is 32.8 Å². The van der Waals surface area contributed by atoms with Crippen LogP contribution in [0.25, 0.3) is 0 Å². The van der Waals surface area contributed by atoms with Crippen LogP contribution in [0.15, 0.2) is 24.3 Å². The van der Waals surface area contributed by atoms with E-state index in [1.54, 1.807) is 24.0 Å². The Hall–Kier alpha value is -2.52. The number of hydrogen-bond donors (Lipinski definition) is 1. The van der Waals surface area contributed by atoms with Crippen molar-refractivity contribution in [2.45, 2.75) is 31.9 Å². The Morgan fingerprint density at radius 3 is 2.59 bits per heavy atom. The number of benzene rings is 1. The molecule has 0 aromatic heterocycles. The number of piperazine rings is 1. The number of carbonyl (C=O) groups excluding carboxylic acids is 2. The van der Waals surface area contributed by atoms with E-state index in [9.17, 15) is 19.7 Å². The van der Waals surface area contributed by atoms with E-state index in [2.05, 4.69) is 5.32 Å². The van der Waals surface area contributed by atoms with Crippen molar-refractivity contribution in [3.05, 3.63) is 34.4 Å². The third kappa shape index (κ3) is 4.42. The summed E-state index contributed by atoms with van der Waals surface area (Å²) in [5, 5.41) is 13.7. The van der Waals surface area contributed by atoms with E-state index in [4.69, 9.17) is 4.74 Å². The lowest BCUT2D eigenvalue weighted by Gasteiger charge is -2.38. The van der Waals surface area contributed by atoms with Crippen LogP contribution < -0.4 is 5.32 Å². The predicted octanol–water partition coefficient (Wildman–Crippen LogP) is 1.24. The van der Waals surface area contributed by atoms with Crippen LogP contribution in [0.5, 0.6) is 0 Å². The monoisotopic (exact) mass is 376 g/mol. The zero-order valence-electron chi connectivity index (χ0n) is 15.3. The van der Waals surface area contributed by atoms with Gasteiger partial charge in [-0.05, 0) is 25.8 Å². The smallest absolute Gasteiger partial charge is 0.292 e. The molecule has 9 nitrogen and oxygen atoms in total.